The van der Waals surface area contributed by atoms with E-state index in [-0.39, 0.29) is 30.0 Å². The van der Waals surface area contributed by atoms with Crippen LogP contribution in [0.3, 0.4) is 0 Å². The minimum absolute atomic E-state index is 0.0186. The molecule has 0 bridgehead atoms. The lowest BCUT2D eigenvalue weighted by atomic mass is 9.83. The Labute approximate surface area is 212 Å². The SMILES string of the molecule is C[C@@H]1C(=O)NN=C2COc3ccc([C@@H]4CCN(C(=O)OC(C)(C)C)[C@H](Cc5ccccc5)C4)cc3N21. The molecule has 36 heavy (non-hydrogen) atoms. The number of fused-ring (bicyclic) bond motifs is 3. The van der Waals surface area contributed by atoms with Gasteiger partial charge in [-0.3, -0.25) is 4.79 Å². The molecule has 5 rings (SSSR count). The maximum atomic E-state index is 13.1. The minimum Gasteiger partial charge on any atom is -0.483 e. The minimum atomic E-state index is -0.541. The van der Waals surface area contributed by atoms with Gasteiger partial charge >= 0.3 is 6.09 Å². The molecule has 8 heteroatoms. The number of nitrogens with zero attached hydrogens (tertiary/aromatic N) is 3. The van der Waals surface area contributed by atoms with Crippen LogP contribution in [-0.2, 0) is 16.0 Å². The fourth-order valence-corrected chi connectivity index (χ4v) is 5.29. The Morgan fingerprint density at radius 1 is 1.19 bits per heavy atom. The first-order chi connectivity index (χ1) is 17.2. The fraction of sp³-hybridized carbons (Fsp3) is 0.464. The summed E-state index contributed by atoms with van der Waals surface area (Å²) < 4.78 is 11.7. The molecule has 3 heterocycles. The van der Waals surface area contributed by atoms with Crippen LogP contribution < -0.4 is 15.1 Å². The summed E-state index contributed by atoms with van der Waals surface area (Å²) in [5, 5.41) is 4.20. The summed E-state index contributed by atoms with van der Waals surface area (Å²) >= 11 is 0. The van der Waals surface area contributed by atoms with E-state index in [2.05, 4.69) is 34.8 Å². The van der Waals surface area contributed by atoms with Crippen molar-refractivity contribution in [1.82, 2.24) is 10.3 Å². The zero-order valence-electron chi connectivity index (χ0n) is 21.4. The normalized spacial score (nSPS) is 23.6. The molecule has 2 amide bonds. The summed E-state index contributed by atoms with van der Waals surface area (Å²) in [5.41, 5.74) is 5.28. The number of hydrogen-bond acceptors (Lipinski definition) is 6. The monoisotopic (exact) mass is 490 g/mol. The number of likely N-dealkylation sites (tertiary alicyclic amines) is 1. The molecule has 1 saturated heterocycles. The van der Waals surface area contributed by atoms with Crippen LogP contribution in [0.1, 0.15) is 57.6 Å². The standard InChI is InChI=1S/C28H34N4O4/c1-18-26(33)30-29-25-17-35-24-11-10-20(16-23(24)32(18)25)21-12-13-31(27(34)36-28(2,3)4)22(15-21)14-19-8-6-5-7-9-19/h5-11,16,18,21-22H,12-15,17H2,1-4H3,(H,30,33)/t18-,21-,22-/m1/s1. The van der Waals surface area contributed by atoms with Crippen LogP contribution in [0.5, 0.6) is 5.75 Å². The third kappa shape index (κ3) is 4.90. The fourth-order valence-electron chi connectivity index (χ4n) is 5.29. The number of benzene rings is 2. The summed E-state index contributed by atoms with van der Waals surface area (Å²) in [4.78, 5) is 29.3. The van der Waals surface area contributed by atoms with Crippen LogP contribution in [0, 0.1) is 0 Å². The third-order valence-electron chi connectivity index (χ3n) is 7.07. The van der Waals surface area contributed by atoms with Crippen LogP contribution in [0.2, 0.25) is 0 Å². The lowest BCUT2D eigenvalue weighted by Crippen LogP contribution is -2.55. The second kappa shape index (κ2) is 9.48. The zero-order valence-corrected chi connectivity index (χ0v) is 21.4. The van der Waals surface area contributed by atoms with Crippen LogP contribution in [0.15, 0.2) is 53.6 Å². The van der Waals surface area contributed by atoms with Gasteiger partial charge in [0.2, 0.25) is 0 Å². The lowest BCUT2D eigenvalue weighted by Gasteiger charge is -2.41. The Kier molecular flexibility index (Phi) is 6.36. The van der Waals surface area contributed by atoms with Crippen molar-refractivity contribution in [2.45, 2.75) is 70.6 Å². The van der Waals surface area contributed by atoms with E-state index in [9.17, 15) is 9.59 Å². The van der Waals surface area contributed by atoms with E-state index < -0.39 is 5.60 Å². The number of amidine groups is 1. The largest absolute Gasteiger partial charge is 0.483 e. The van der Waals surface area contributed by atoms with Crippen molar-refractivity contribution in [1.29, 1.82) is 0 Å². The second-order valence-corrected chi connectivity index (χ2v) is 10.8. The Bertz CT molecular complexity index is 1170. The molecular weight excluding hydrogens is 456 g/mol. The number of hydrogen-bond donors (Lipinski definition) is 1. The number of ether oxygens (including phenoxy) is 2. The number of hydrazone groups is 1. The van der Waals surface area contributed by atoms with Crippen molar-refractivity contribution in [2.24, 2.45) is 5.10 Å². The van der Waals surface area contributed by atoms with Crippen LogP contribution in [0.25, 0.3) is 0 Å². The van der Waals surface area contributed by atoms with Gasteiger partial charge in [-0.15, -0.1) is 0 Å². The molecule has 0 radical (unpaired) electrons. The highest BCUT2D eigenvalue weighted by Crippen LogP contribution is 2.40. The van der Waals surface area contributed by atoms with Gasteiger partial charge in [-0.05, 0) is 76.1 Å². The van der Waals surface area contributed by atoms with Crippen LogP contribution >= 0.6 is 0 Å². The van der Waals surface area contributed by atoms with Crippen molar-refractivity contribution in [3.05, 3.63) is 59.7 Å². The highest BCUT2D eigenvalue weighted by atomic mass is 16.6. The molecule has 3 aliphatic heterocycles. The summed E-state index contributed by atoms with van der Waals surface area (Å²) in [6.07, 6.45) is 2.17. The zero-order chi connectivity index (χ0) is 25.4. The topological polar surface area (TPSA) is 83.5 Å². The van der Waals surface area contributed by atoms with E-state index in [0.29, 0.717) is 19.0 Å². The van der Waals surface area contributed by atoms with Gasteiger partial charge in [0.05, 0.1) is 5.69 Å². The predicted octanol–water partition coefficient (Wildman–Crippen LogP) is 4.44. The van der Waals surface area contributed by atoms with E-state index in [4.69, 9.17) is 9.47 Å². The van der Waals surface area contributed by atoms with Crippen molar-refractivity contribution < 1.29 is 19.1 Å². The Hall–Kier alpha value is -3.55. The Morgan fingerprint density at radius 3 is 2.72 bits per heavy atom. The van der Waals surface area contributed by atoms with Gasteiger partial charge in [0.25, 0.3) is 5.91 Å². The van der Waals surface area contributed by atoms with Gasteiger partial charge in [0.1, 0.15) is 24.0 Å². The molecule has 8 nitrogen and oxygen atoms in total. The molecule has 2 aromatic carbocycles. The molecule has 2 aromatic rings. The Morgan fingerprint density at radius 2 is 1.97 bits per heavy atom. The first-order valence-corrected chi connectivity index (χ1v) is 12.7. The van der Waals surface area contributed by atoms with Gasteiger partial charge in [-0.2, -0.15) is 5.10 Å². The summed E-state index contributed by atoms with van der Waals surface area (Å²) in [5.74, 6) is 1.59. The molecule has 0 saturated carbocycles. The number of nitrogens with one attached hydrogen (secondary N) is 1. The number of rotatable bonds is 3. The Balaban J connectivity index is 1.42. The molecule has 0 unspecified atom stereocenters. The molecular formula is C28H34N4O4. The molecule has 1 N–H and O–H groups in total. The summed E-state index contributed by atoms with van der Waals surface area (Å²) in [6.45, 7) is 8.53. The van der Waals surface area contributed by atoms with E-state index in [1.165, 1.54) is 11.1 Å². The summed E-state index contributed by atoms with van der Waals surface area (Å²) in [6, 6.07) is 16.2. The first kappa shape index (κ1) is 24.2. The van der Waals surface area contributed by atoms with E-state index in [1.54, 1.807) is 0 Å². The van der Waals surface area contributed by atoms with Crippen LogP contribution in [-0.4, -0.2) is 53.6 Å². The maximum absolute atomic E-state index is 13.1. The lowest BCUT2D eigenvalue weighted by molar-refractivity contribution is -0.122. The summed E-state index contributed by atoms with van der Waals surface area (Å²) in [7, 11) is 0. The smallest absolute Gasteiger partial charge is 0.410 e. The molecule has 3 aliphatic rings. The molecule has 3 atom stereocenters. The van der Waals surface area contributed by atoms with Gasteiger partial charge in [-0.1, -0.05) is 36.4 Å². The number of amides is 2. The van der Waals surface area contributed by atoms with Gasteiger partial charge in [-0.25, -0.2) is 10.2 Å². The van der Waals surface area contributed by atoms with Gasteiger partial charge in [0.15, 0.2) is 5.84 Å². The predicted molar refractivity (Wildman–Crippen MR) is 138 cm³/mol. The number of carbonyl (C=O) groups excluding carboxylic acids is 2. The highest BCUT2D eigenvalue weighted by molar-refractivity contribution is 6.09. The number of anilines is 1. The maximum Gasteiger partial charge on any atom is 0.410 e. The number of carbonyl (C=O) groups is 2. The molecule has 0 aromatic heterocycles. The quantitative estimate of drug-likeness (QED) is 0.688. The highest BCUT2D eigenvalue weighted by Gasteiger charge is 2.38. The van der Waals surface area contributed by atoms with Crippen molar-refractivity contribution in [3.63, 3.8) is 0 Å². The molecule has 0 spiro atoms. The average molecular weight is 491 g/mol. The molecule has 0 aliphatic carbocycles. The average Bonchev–Trinajstić information content (AvgIpc) is 2.85. The molecule has 1 fully saturated rings. The number of piperidine rings is 1. The van der Waals surface area contributed by atoms with Crippen molar-refractivity contribution in [2.75, 3.05) is 18.1 Å². The molecule has 190 valence electrons. The third-order valence-corrected chi connectivity index (χ3v) is 7.07. The van der Waals surface area contributed by atoms with Crippen molar-refractivity contribution in [3.8, 4) is 5.75 Å². The van der Waals surface area contributed by atoms with Crippen LogP contribution in [0.4, 0.5) is 10.5 Å². The van der Waals surface area contributed by atoms with E-state index in [1.807, 2.05) is 61.8 Å². The van der Waals surface area contributed by atoms with Gasteiger partial charge in [0, 0.05) is 12.6 Å². The van der Waals surface area contributed by atoms with Crippen molar-refractivity contribution >= 4 is 23.5 Å². The first-order valence-electron chi connectivity index (χ1n) is 12.7. The second-order valence-electron chi connectivity index (χ2n) is 10.8. The van der Waals surface area contributed by atoms with E-state index in [0.717, 1.165) is 30.7 Å². The van der Waals surface area contributed by atoms with Gasteiger partial charge < -0.3 is 19.3 Å². The van der Waals surface area contributed by atoms with E-state index >= 15 is 0 Å².